The predicted molar refractivity (Wildman–Crippen MR) is 151 cm³/mol. The first-order valence-electron chi connectivity index (χ1n) is 14.4. The van der Waals surface area contributed by atoms with Crippen molar-refractivity contribution >= 4 is 24.1 Å². The lowest BCUT2D eigenvalue weighted by Crippen LogP contribution is -2.21. The molecule has 0 bridgehead atoms. The number of ether oxygens (including phenoxy) is 1. The number of unbranched alkanes of at least 4 members (excludes halogenated alkanes) is 14. The smallest absolute Gasteiger partial charge is 0.387 e. The second-order valence-corrected chi connectivity index (χ2v) is 13.4. The number of hydrogen-bond acceptors (Lipinski definition) is 6. The van der Waals surface area contributed by atoms with Crippen LogP contribution in [0, 0.1) is 0 Å². The van der Waals surface area contributed by atoms with Gasteiger partial charge in [-0.15, -0.1) is 0 Å². The molecular formula is C27H56NO5PS. The van der Waals surface area contributed by atoms with Gasteiger partial charge in [-0.1, -0.05) is 118 Å². The maximum atomic E-state index is 11.7. The fraction of sp³-hybridized carbons (Fsp3) is 0.963. The summed E-state index contributed by atoms with van der Waals surface area (Å²) in [6.45, 7) is 8.98. The van der Waals surface area contributed by atoms with Crippen LogP contribution in [0.25, 0.3) is 0 Å². The van der Waals surface area contributed by atoms with Crippen molar-refractivity contribution in [3.05, 3.63) is 0 Å². The van der Waals surface area contributed by atoms with E-state index in [9.17, 15) is 14.3 Å². The third-order valence-electron chi connectivity index (χ3n) is 6.46. The van der Waals surface area contributed by atoms with Crippen molar-refractivity contribution in [1.82, 2.24) is 4.90 Å². The summed E-state index contributed by atoms with van der Waals surface area (Å²) < 4.78 is 21.3. The van der Waals surface area contributed by atoms with Gasteiger partial charge in [0.05, 0.1) is 0 Å². The highest BCUT2D eigenvalue weighted by Crippen LogP contribution is 2.61. The van der Waals surface area contributed by atoms with Gasteiger partial charge in [0.15, 0.2) is 0 Å². The Hall–Kier alpha value is -0.0700. The summed E-state index contributed by atoms with van der Waals surface area (Å²) in [4.78, 5) is 23.3. The molecule has 1 N–H and O–H groups in total. The van der Waals surface area contributed by atoms with Crippen LogP contribution in [0.5, 0.6) is 0 Å². The van der Waals surface area contributed by atoms with Gasteiger partial charge in [0, 0.05) is 12.2 Å². The fourth-order valence-electron chi connectivity index (χ4n) is 4.07. The molecule has 0 spiro atoms. The molecule has 2 unspecified atom stereocenters. The zero-order valence-electron chi connectivity index (χ0n) is 23.3. The van der Waals surface area contributed by atoms with Gasteiger partial charge < -0.3 is 14.5 Å². The van der Waals surface area contributed by atoms with E-state index in [4.69, 9.17) is 9.26 Å². The molecule has 1 fully saturated rings. The molecule has 210 valence electrons. The SMILES string of the molecule is CCCCCCCCCCCCCCCCCC(=O)OCC1CSP(=O)(O)O1.CCN(CC)CC. The number of carbonyl (C=O) groups excluding carboxylic acids is 1. The van der Waals surface area contributed by atoms with E-state index in [0.29, 0.717) is 12.2 Å². The highest BCUT2D eigenvalue weighted by Gasteiger charge is 2.35. The van der Waals surface area contributed by atoms with E-state index in [1.807, 2.05) is 0 Å². The summed E-state index contributed by atoms with van der Waals surface area (Å²) in [6, 6.07) is 0. The van der Waals surface area contributed by atoms with E-state index in [-0.39, 0.29) is 12.6 Å². The lowest BCUT2D eigenvalue weighted by Gasteiger charge is -2.13. The summed E-state index contributed by atoms with van der Waals surface area (Å²) in [5.41, 5.74) is 0. The minimum atomic E-state index is -3.49. The quantitative estimate of drug-likeness (QED) is 0.0895. The van der Waals surface area contributed by atoms with Gasteiger partial charge in [-0.3, -0.25) is 9.32 Å². The van der Waals surface area contributed by atoms with E-state index < -0.39 is 12.9 Å². The monoisotopic (exact) mass is 537 g/mol. The molecular weight excluding hydrogens is 481 g/mol. The van der Waals surface area contributed by atoms with Crippen molar-refractivity contribution < 1.29 is 23.5 Å². The van der Waals surface area contributed by atoms with Crippen LogP contribution in [0.2, 0.25) is 0 Å². The minimum absolute atomic E-state index is 0.0785. The van der Waals surface area contributed by atoms with Crippen molar-refractivity contribution in [1.29, 1.82) is 0 Å². The summed E-state index contributed by atoms with van der Waals surface area (Å²) in [5.74, 6) is 0.169. The van der Waals surface area contributed by atoms with E-state index in [2.05, 4.69) is 32.6 Å². The first-order valence-corrected chi connectivity index (χ1v) is 17.6. The van der Waals surface area contributed by atoms with Crippen molar-refractivity contribution in [2.75, 3.05) is 32.0 Å². The lowest BCUT2D eigenvalue weighted by atomic mass is 10.0. The Morgan fingerprint density at radius 2 is 1.26 bits per heavy atom. The number of esters is 1. The largest absolute Gasteiger partial charge is 0.463 e. The van der Waals surface area contributed by atoms with Gasteiger partial charge >= 0.3 is 12.8 Å². The second-order valence-electron chi connectivity index (χ2n) is 9.49. The van der Waals surface area contributed by atoms with Crippen molar-refractivity contribution in [3.63, 3.8) is 0 Å². The topological polar surface area (TPSA) is 76.1 Å². The van der Waals surface area contributed by atoms with Gasteiger partial charge in [0.1, 0.15) is 12.7 Å². The Kier molecular flexibility index (Phi) is 24.2. The third-order valence-corrected chi connectivity index (χ3v) is 9.56. The highest BCUT2D eigenvalue weighted by atomic mass is 32.7. The molecule has 0 aromatic rings. The van der Waals surface area contributed by atoms with Crippen LogP contribution in [0.4, 0.5) is 0 Å². The molecule has 8 heteroatoms. The molecule has 0 aromatic heterocycles. The normalized spacial score (nSPS) is 19.5. The Morgan fingerprint density at radius 3 is 1.60 bits per heavy atom. The van der Waals surface area contributed by atoms with E-state index in [0.717, 1.165) is 24.2 Å². The molecule has 6 nitrogen and oxygen atoms in total. The molecule has 1 aliphatic heterocycles. The van der Waals surface area contributed by atoms with Crippen LogP contribution < -0.4 is 0 Å². The van der Waals surface area contributed by atoms with E-state index in [1.54, 1.807) is 0 Å². The van der Waals surface area contributed by atoms with Crippen LogP contribution >= 0.6 is 18.2 Å². The second kappa shape index (κ2) is 24.3. The number of nitrogens with zero attached hydrogens (tertiary/aromatic N) is 1. The van der Waals surface area contributed by atoms with Gasteiger partial charge in [0.2, 0.25) is 0 Å². The number of hydrogen-bond donors (Lipinski definition) is 1. The average Bonchev–Trinajstić information content (AvgIpc) is 3.20. The third kappa shape index (κ3) is 22.8. The molecule has 0 aromatic carbocycles. The molecule has 1 saturated heterocycles. The van der Waals surface area contributed by atoms with Crippen molar-refractivity contribution in [2.24, 2.45) is 0 Å². The summed E-state index contributed by atoms with van der Waals surface area (Å²) in [7, 11) is 0. The Balaban J connectivity index is 0.00000143. The van der Waals surface area contributed by atoms with Crippen LogP contribution in [0.15, 0.2) is 0 Å². The molecule has 0 saturated carbocycles. The average molecular weight is 538 g/mol. The number of carbonyl (C=O) groups is 1. The van der Waals surface area contributed by atoms with Crippen molar-refractivity contribution in [3.8, 4) is 0 Å². The molecule has 1 aliphatic rings. The Bertz CT molecular complexity index is 528. The molecule has 1 heterocycles. The van der Waals surface area contributed by atoms with Crippen LogP contribution in [0.1, 0.15) is 130 Å². The first kappa shape index (κ1) is 34.9. The van der Waals surface area contributed by atoms with Gasteiger partial charge in [0.25, 0.3) is 0 Å². The molecule has 0 amide bonds. The predicted octanol–water partition coefficient (Wildman–Crippen LogP) is 8.37. The van der Waals surface area contributed by atoms with Crippen molar-refractivity contribution in [2.45, 2.75) is 137 Å². The van der Waals surface area contributed by atoms with Gasteiger partial charge in [-0.25, -0.2) is 4.57 Å². The van der Waals surface area contributed by atoms with Gasteiger partial charge in [-0.2, -0.15) is 0 Å². The Labute approximate surface area is 221 Å². The maximum Gasteiger partial charge on any atom is 0.387 e. The first-order chi connectivity index (χ1) is 16.9. The van der Waals surface area contributed by atoms with E-state index >= 15 is 0 Å². The van der Waals surface area contributed by atoms with Crippen LogP contribution in [-0.2, 0) is 18.6 Å². The van der Waals surface area contributed by atoms with Crippen LogP contribution in [0.3, 0.4) is 0 Å². The standard InChI is InChI=1S/C21H41O5PS.C6H15N/c1-2-3-4-5-6-7-8-9-10-11-12-13-14-15-16-17-21(22)25-18-20-19-28-27(23,24)26-20;1-4-7(5-2)6-3/h20H,2-19H2,1H3,(H,23,24);4-6H2,1-3H3. The van der Waals surface area contributed by atoms with Gasteiger partial charge in [-0.05, 0) is 37.4 Å². The minimum Gasteiger partial charge on any atom is -0.463 e. The summed E-state index contributed by atoms with van der Waals surface area (Å²) >= 11 is 0.896. The van der Waals surface area contributed by atoms with Crippen LogP contribution in [-0.4, -0.2) is 53.9 Å². The maximum absolute atomic E-state index is 11.7. The molecule has 1 rings (SSSR count). The molecule has 0 radical (unpaired) electrons. The highest BCUT2D eigenvalue weighted by molar-refractivity contribution is 8.55. The number of rotatable bonds is 21. The molecule has 2 atom stereocenters. The lowest BCUT2D eigenvalue weighted by molar-refractivity contribution is -0.145. The van der Waals surface area contributed by atoms with E-state index in [1.165, 1.54) is 103 Å². The summed E-state index contributed by atoms with van der Waals surface area (Å²) in [5, 5.41) is 0. The zero-order valence-corrected chi connectivity index (χ0v) is 25.0. The zero-order chi connectivity index (χ0) is 26.2. The summed E-state index contributed by atoms with van der Waals surface area (Å²) in [6.07, 6.45) is 19.5. The Morgan fingerprint density at radius 1 is 0.829 bits per heavy atom. The molecule has 35 heavy (non-hydrogen) atoms. The molecule has 0 aliphatic carbocycles. The fourth-order valence-corrected chi connectivity index (χ4v) is 6.88.